The highest BCUT2D eigenvalue weighted by Crippen LogP contribution is 2.34. The molecule has 2 rings (SSSR count). The van der Waals surface area contributed by atoms with Crippen LogP contribution in [0, 0.1) is 5.92 Å². The second-order valence-corrected chi connectivity index (χ2v) is 5.77. The number of aliphatic hydroxyl groups is 1. The van der Waals surface area contributed by atoms with Crippen LogP contribution in [0.5, 0.6) is 0 Å². The normalized spacial score (nSPS) is 19.2. The van der Waals surface area contributed by atoms with E-state index in [1.165, 1.54) is 32.1 Å². The lowest BCUT2D eigenvalue weighted by atomic mass is 9.84. The number of benzene rings is 1. The molecule has 0 saturated heterocycles. The average molecular weight is 273 g/mol. The van der Waals surface area contributed by atoms with Gasteiger partial charge in [0, 0.05) is 15.6 Å². The minimum absolute atomic E-state index is 0.482. The number of hydrogen-bond donors (Lipinski definition) is 1. The van der Waals surface area contributed by atoms with Gasteiger partial charge < -0.3 is 5.11 Å². The number of halogens is 2. The van der Waals surface area contributed by atoms with E-state index in [2.05, 4.69) is 0 Å². The van der Waals surface area contributed by atoms with Gasteiger partial charge in [0.25, 0.3) is 0 Å². The third kappa shape index (κ3) is 3.61. The lowest BCUT2D eigenvalue weighted by molar-refractivity contribution is 0.131. The molecule has 3 heteroatoms. The molecule has 1 aliphatic rings. The van der Waals surface area contributed by atoms with Crippen LogP contribution in [-0.2, 0) is 0 Å². The van der Waals surface area contributed by atoms with Crippen LogP contribution in [0.1, 0.15) is 50.2 Å². The Morgan fingerprint density at radius 2 is 1.88 bits per heavy atom. The Hall–Kier alpha value is -0.240. The van der Waals surface area contributed by atoms with E-state index >= 15 is 0 Å². The van der Waals surface area contributed by atoms with Gasteiger partial charge in [-0.25, -0.2) is 0 Å². The molecule has 1 saturated carbocycles. The van der Waals surface area contributed by atoms with E-state index in [9.17, 15) is 5.11 Å². The van der Waals surface area contributed by atoms with Crippen LogP contribution < -0.4 is 0 Å². The highest BCUT2D eigenvalue weighted by molar-refractivity contribution is 6.33. The van der Waals surface area contributed by atoms with E-state index in [0.29, 0.717) is 16.0 Å². The first kappa shape index (κ1) is 13.2. The maximum Gasteiger partial charge on any atom is 0.0807 e. The van der Waals surface area contributed by atoms with Gasteiger partial charge in [-0.05, 0) is 30.5 Å². The summed E-state index contributed by atoms with van der Waals surface area (Å²) in [7, 11) is 0. The molecule has 1 unspecified atom stereocenters. The van der Waals surface area contributed by atoms with Crippen molar-refractivity contribution < 1.29 is 5.11 Å². The van der Waals surface area contributed by atoms with Gasteiger partial charge in [-0.3, -0.25) is 0 Å². The molecular formula is C14H18Cl2O. The van der Waals surface area contributed by atoms with E-state index in [1.54, 1.807) is 18.2 Å². The molecule has 94 valence electrons. The minimum Gasteiger partial charge on any atom is -0.388 e. The van der Waals surface area contributed by atoms with Crippen LogP contribution in [0.2, 0.25) is 10.0 Å². The van der Waals surface area contributed by atoms with Crippen molar-refractivity contribution in [2.75, 3.05) is 0 Å². The molecule has 0 spiro atoms. The van der Waals surface area contributed by atoms with Gasteiger partial charge in [0.1, 0.15) is 0 Å². The molecule has 1 aromatic rings. The summed E-state index contributed by atoms with van der Waals surface area (Å²) >= 11 is 12.0. The molecule has 1 atom stereocenters. The zero-order chi connectivity index (χ0) is 12.3. The molecule has 0 aliphatic heterocycles. The summed E-state index contributed by atoms with van der Waals surface area (Å²) in [5, 5.41) is 11.5. The van der Waals surface area contributed by atoms with E-state index in [1.807, 2.05) is 0 Å². The third-order valence-electron chi connectivity index (χ3n) is 3.60. The minimum atomic E-state index is -0.482. The lowest BCUT2D eigenvalue weighted by Gasteiger charge is -2.24. The Balaban J connectivity index is 2.02. The fraction of sp³-hybridized carbons (Fsp3) is 0.571. The maximum absolute atomic E-state index is 10.2. The highest BCUT2D eigenvalue weighted by Gasteiger charge is 2.20. The summed E-state index contributed by atoms with van der Waals surface area (Å²) in [6, 6.07) is 5.28. The maximum atomic E-state index is 10.2. The monoisotopic (exact) mass is 272 g/mol. The molecule has 1 fully saturated rings. The van der Waals surface area contributed by atoms with Gasteiger partial charge in [-0.15, -0.1) is 0 Å². The Morgan fingerprint density at radius 3 is 2.59 bits per heavy atom. The molecule has 1 aliphatic carbocycles. The second kappa shape index (κ2) is 6.08. The predicted molar refractivity (Wildman–Crippen MR) is 72.6 cm³/mol. The molecule has 17 heavy (non-hydrogen) atoms. The van der Waals surface area contributed by atoms with Crippen LogP contribution >= 0.6 is 23.2 Å². The molecule has 0 heterocycles. The van der Waals surface area contributed by atoms with Gasteiger partial charge in [-0.1, -0.05) is 55.3 Å². The van der Waals surface area contributed by atoms with Crippen molar-refractivity contribution in [3.8, 4) is 0 Å². The highest BCUT2D eigenvalue weighted by atomic mass is 35.5. The first-order chi connectivity index (χ1) is 8.16. The standard InChI is InChI=1S/C14H18Cl2O/c15-11-6-7-13(16)12(9-11)14(17)8-10-4-2-1-3-5-10/h6-7,9-10,14,17H,1-5,8H2. The van der Waals surface area contributed by atoms with Crippen LogP contribution in [-0.4, -0.2) is 5.11 Å². The van der Waals surface area contributed by atoms with Gasteiger partial charge in [0.15, 0.2) is 0 Å². The Bertz CT molecular complexity index is 372. The average Bonchev–Trinajstić information content (AvgIpc) is 2.33. The first-order valence-corrected chi connectivity index (χ1v) is 7.05. The Labute approximate surface area is 113 Å². The molecule has 1 N–H and O–H groups in total. The summed E-state index contributed by atoms with van der Waals surface area (Å²) in [6.45, 7) is 0. The molecule has 0 amide bonds. The molecular weight excluding hydrogens is 255 g/mol. The topological polar surface area (TPSA) is 20.2 Å². The predicted octanol–water partition coefficient (Wildman–Crippen LogP) is 5.00. The second-order valence-electron chi connectivity index (χ2n) is 4.92. The number of aliphatic hydroxyl groups excluding tert-OH is 1. The Morgan fingerprint density at radius 1 is 1.18 bits per heavy atom. The summed E-state index contributed by atoms with van der Waals surface area (Å²) in [5.41, 5.74) is 0.768. The van der Waals surface area contributed by atoms with Crippen molar-refractivity contribution in [1.29, 1.82) is 0 Å². The van der Waals surface area contributed by atoms with Gasteiger partial charge >= 0.3 is 0 Å². The van der Waals surface area contributed by atoms with E-state index in [-0.39, 0.29) is 0 Å². The van der Waals surface area contributed by atoms with Gasteiger partial charge in [0.2, 0.25) is 0 Å². The smallest absolute Gasteiger partial charge is 0.0807 e. The van der Waals surface area contributed by atoms with Crippen LogP contribution in [0.3, 0.4) is 0 Å². The van der Waals surface area contributed by atoms with Crippen LogP contribution in [0.25, 0.3) is 0 Å². The van der Waals surface area contributed by atoms with E-state index in [0.717, 1.165) is 12.0 Å². The Kier molecular flexibility index (Phi) is 4.72. The fourth-order valence-electron chi connectivity index (χ4n) is 2.64. The summed E-state index contributed by atoms with van der Waals surface area (Å²) in [4.78, 5) is 0. The number of hydrogen-bond acceptors (Lipinski definition) is 1. The first-order valence-electron chi connectivity index (χ1n) is 6.30. The number of rotatable bonds is 3. The summed E-state index contributed by atoms with van der Waals surface area (Å²) in [5.74, 6) is 0.633. The molecule has 0 bridgehead atoms. The van der Waals surface area contributed by atoms with Gasteiger partial charge in [0.05, 0.1) is 6.10 Å². The van der Waals surface area contributed by atoms with Crippen molar-refractivity contribution in [3.05, 3.63) is 33.8 Å². The summed E-state index contributed by atoms with van der Waals surface area (Å²) < 4.78 is 0. The van der Waals surface area contributed by atoms with E-state index in [4.69, 9.17) is 23.2 Å². The quantitative estimate of drug-likeness (QED) is 0.821. The zero-order valence-corrected chi connectivity index (χ0v) is 11.3. The van der Waals surface area contributed by atoms with Crippen molar-refractivity contribution in [2.45, 2.75) is 44.6 Å². The molecule has 1 aromatic carbocycles. The van der Waals surface area contributed by atoms with Crippen molar-refractivity contribution in [1.82, 2.24) is 0 Å². The van der Waals surface area contributed by atoms with Gasteiger partial charge in [-0.2, -0.15) is 0 Å². The van der Waals surface area contributed by atoms with Crippen LogP contribution in [0.15, 0.2) is 18.2 Å². The molecule has 0 aromatic heterocycles. The zero-order valence-electron chi connectivity index (χ0n) is 9.83. The largest absolute Gasteiger partial charge is 0.388 e. The third-order valence-corrected chi connectivity index (χ3v) is 4.18. The van der Waals surface area contributed by atoms with E-state index < -0.39 is 6.10 Å². The molecule has 1 nitrogen and oxygen atoms in total. The van der Waals surface area contributed by atoms with Crippen LogP contribution in [0.4, 0.5) is 0 Å². The van der Waals surface area contributed by atoms with Crippen molar-refractivity contribution >= 4 is 23.2 Å². The summed E-state index contributed by atoms with van der Waals surface area (Å²) in [6.07, 6.45) is 6.71. The van der Waals surface area contributed by atoms with Crippen molar-refractivity contribution in [2.24, 2.45) is 5.92 Å². The SMILES string of the molecule is OC(CC1CCCCC1)c1cc(Cl)ccc1Cl. The molecule has 0 radical (unpaired) electrons. The van der Waals surface area contributed by atoms with Crippen molar-refractivity contribution in [3.63, 3.8) is 0 Å². The lowest BCUT2D eigenvalue weighted by Crippen LogP contribution is -2.11. The fourth-order valence-corrected chi connectivity index (χ4v) is 3.06.